The van der Waals surface area contributed by atoms with Gasteiger partial charge in [0.05, 0.1) is 5.56 Å². The van der Waals surface area contributed by atoms with Crippen molar-refractivity contribution in [2.75, 3.05) is 13.1 Å². The summed E-state index contributed by atoms with van der Waals surface area (Å²) < 4.78 is 0. The molecule has 5 heteroatoms. The zero-order valence-corrected chi connectivity index (χ0v) is 15.9. The van der Waals surface area contributed by atoms with Gasteiger partial charge in [-0.05, 0) is 81.3 Å². The molecule has 6 rings (SSSR count). The summed E-state index contributed by atoms with van der Waals surface area (Å²) in [5.74, 6) is 2.75. The molecule has 27 heavy (non-hydrogen) atoms. The van der Waals surface area contributed by atoms with Gasteiger partial charge in [0.15, 0.2) is 0 Å². The van der Waals surface area contributed by atoms with Gasteiger partial charge in [-0.15, -0.1) is 0 Å². The first-order valence-corrected chi connectivity index (χ1v) is 10.6. The van der Waals surface area contributed by atoms with Gasteiger partial charge in [0.2, 0.25) is 5.91 Å². The van der Waals surface area contributed by atoms with Gasteiger partial charge in [0, 0.05) is 36.9 Å². The van der Waals surface area contributed by atoms with Crippen LogP contribution in [0.15, 0.2) is 24.5 Å². The van der Waals surface area contributed by atoms with Gasteiger partial charge in [0.25, 0.3) is 5.91 Å². The van der Waals surface area contributed by atoms with Gasteiger partial charge >= 0.3 is 0 Å². The molecule has 4 saturated carbocycles. The molecule has 0 spiro atoms. The van der Waals surface area contributed by atoms with E-state index in [9.17, 15) is 9.59 Å². The van der Waals surface area contributed by atoms with Crippen LogP contribution in [0.5, 0.6) is 0 Å². The average Bonchev–Trinajstić information content (AvgIpc) is 2.68. The van der Waals surface area contributed by atoms with Crippen molar-refractivity contribution >= 4 is 11.8 Å². The minimum absolute atomic E-state index is 0.0500. The maximum atomic E-state index is 13.2. The Kier molecular flexibility index (Phi) is 4.21. The summed E-state index contributed by atoms with van der Waals surface area (Å²) in [5, 5.41) is 3.39. The van der Waals surface area contributed by atoms with Crippen LogP contribution in [0.3, 0.4) is 0 Å². The van der Waals surface area contributed by atoms with E-state index < -0.39 is 0 Å². The Morgan fingerprint density at radius 1 is 1.04 bits per heavy atom. The van der Waals surface area contributed by atoms with Crippen LogP contribution in [0.4, 0.5) is 0 Å². The van der Waals surface area contributed by atoms with Crippen molar-refractivity contribution in [2.24, 2.45) is 23.2 Å². The molecular formula is C22H29N3O2. The highest BCUT2D eigenvalue weighted by molar-refractivity contribution is 5.94. The number of rotatable bonds is 3. The first kappa shape index (κ1) is 17.2. The lowest BCUT2D eigenvalue weighted by Crippen LogP contribution is -2.56. The second-order valence-corrected chi connectivity index (χ2v) is 9.48. The van der Waals surface area contributed by atoms with E-state index in [1.54, 1.807) is 18.5 Å². The molecule has 1 aromatic rings. The Hall–Kier alpha value is -1.91. The number of carbonyl (C=O) groups excluding carboxylic acids is 2. The van der Waals surface area contributed by atoms with Gasteiger partial charge in [-0.3, -0.25) is 14.6 Å². The molecule has 4 bridgehead atoms. The van der Waals surface area contributed by atoms with Crippen molar-refractivity contribution in [3.05, 3.63) is 30.1 Å². The molecule has 5 aliphatic rings. The van der Waals surface area contributed by atoms with Gasteiger partial charge in [0.1, 0.15) is 0 Å². The zero-order valence-electron chi connectivity index (χ0n) is 15.9. The monoisotopic (exact) mass is 367 g/mol. The topological polar surface area (TPSA) is 62.3 Å². The first-order valence-electron chi connectivity index (χ1n) is 10.6. The number of hydrogen-bond acceptors (Lipinski definition) is 3. The van der Waals surface area contributed by atoms with Gasteiger partial charge in [-0.25, -0.2) is 0 Å². The normalized spacial score (nSPS) is 35.3. The fourth-order valence-corrected chi connectivity index (χ4v) is 6.63. The molecule has 0 radical (unpaired) electrons. The number of nitrogens with one attached hydrogen (secondary N) is 1. The summed E-state index contributed by atoms with van der Waals surface area (Å²) in [7, 11) is 0. The predicted molar refractivity (Wildman–Crippen MR) is 102 cm³/mol. The third-order valence-electron chi connectivity index (χ3n) is 7.55. The minimum atomic E-state index is -0.0720. The molecular weight excluding hydrogens is 338 g/mol. The van der Waals surface area contributed by atoms with Gasteiger partial charge in [-0.1, -0.05) is 0 Å². The molecule has 0 atom stereocenters. The second kappa shape index (κ2) is 6.61. The summed E-state index contributed by atoms with van der Waals surface area (Å²) in [6, 6.07) is 3.82. The van der Waals surface area contributed by atoms with Crippen LogP contribution in [0.2, 0.25) is 0 Å². The molecule has 144 valence electrons. The highest BCUT2D eigenvalue weighted by Crippen LogP contribution is 2.60. The van der Waals surface area contributed by atoms with E-state index in [0.29, 0.717) is 24.6 Å². The SMILES string of the molecule is O=C(c1cccnc1)N1CCC(NC(=O)C23CC4CC(CC(C4)C2)C3)CC1. The van der Waals surface area contributed by atoms with Gasteiger partial charge < -0.3 is 10.2 Å². The second-order valence-electron chi connectivity index (χ2n) is 9.48. The number of hydrogen-bond donors (Lipinski definition) is 1. The molecule has 1 N–H and O–H groups in total. The van der Waals surface area contributed by atoms with Crippen LogP contribution in [-0.2, 0) is 4.79 Å². The van der Waals surface area contributed by atoms with E-state index in [-0.39, 0.29) is 17.4 Å². The van der Waals surface area contributed by atoms with E-state index in [1.807, 2.05) is 11.0 Å². The molecule has 1 saturated heterocycles. The Labute approximate surface area is 160 Å². The van der Waals surface area contributed by atoms with Crippen molar-refractivity contribution in [1.82, 2.24) is 15.2 Å². The van der Waals surface area contributed by atoms with Crippen LogP contribution < -0.4 is 5.32 Å². The van der Waals surface area contributed by atoms with E-state index in [0.717, 1.165) is 49.9 Å². The average molecular weight is 367 g/mol. The van der Waals surface area contributed by atoms with Gasteiger partial charge in [-0.2, -0.15) is 0 Å². The quantitative estimate of drug-likeness (QED) is 0.893. The highest BCUT2D eigenvalue weighted by Gasteiger charge is 2.54. The van der Waals surface area contributed by atoms with Crippen LogP contribution in [0, 0.1) is 23.2 Å². The predicted octanol–water partition coefficient (Wildman–Crippen LogP) is 3.02. The fraction of sp³-hybridized carbons (Fsp3) is 0.682. The van der Waals surface area contributed by atoms with Crippen LogP contribution >= 0.6 is 0 Å². The summed E-state index contributed by atoms with van der Waals surface area (Å²) in [5.41, 5.74) is 0.575. The maximum Gasteiger partial charge on any atom is 0.255 e. The van der Waals surface area contributed by atoms with Crippen molar-refractivity contribution < 1.29 is 9.59 Å². The fourth-order valence-electron chi connectivity index (χ4n) is 6.63. The number of nitrogens with zero attached hydrogens (tertiary/aromatic N) is 2. The number of likely N-dealkylation sites (tertiary alicyclic amines) is 1. The lowest BCUT2D eigenvalue weighted by molar-refractivity contribution is -0.147. The lowest BCUT2D eigenvalue weighted by Gasteiger charge is -2.56. The zero-order chi connectivity index (χ0) is 18.4. The minimum Gasteiger partial charge on any atom is -0.353 e. The van der Waals surface area contributed by atoms with Crippen molar-refractivity contribution in [2.45, 2.75) is 57.4 Å². The number of aromatic nitrogens is 1. The number of pyridine rings is 1. The molecule has 1 aromatic heterocycles. The third-order valence-corrected chi connectivity index (χ3v) is 7.55. The number of piperidine rings is 1. The van der Waals surface area contributed by atoms with Crippen LogP contribution in [0.25, 0.3) is 0 Å². The molecule has 0 unspecified atom stereocenters. The standard InChI is InChI=1S/C22H29N3O2/c26-20(18-2-1-5-23-14-18)25-6-3-19(4-7-25)24-21(27)22-11-15-8-16(12-22)10-17(9-15)13-22/h1-2,5,14-17,19H,3-4,6-13H2,(H,24,27). The lowest BCUT2D eigenvalue weighted by atomic mass is 9.49. The smallest absolute Gasteiger partial charge is 0.255 e. The van der Waals surface area contributed by atoms with Crippen molar-refractivity contribution in [3.63, 3.8) is 0 Å². The molecule has 1 aliphatic heterocycles. The van der Waals surface area contributed by atoms with E-state index >= 15 is 0 Å². The molecule has 2 amide bonds. The summed E-state index contributed by atoms with van der Waals surface area (Å²) in [6.45, 7) is 1.42. The summed E-state index contributed by atoms with van der Waals surface area (Å²) >= 11 is 0. The van der Waals surface area contributed by atoms with E-state index in [2.05, 4.69) is 10.3 Å². The molecule has 2 heterocycles. The third kappa shape index (κ3) is 3.15. The Balaban J connectivity index is 1.18. The Bertz CT molecular complexity index is 689. The van der Waals surface area contributed by atoms with Crippen molar-refractivity contribution in [1.29, 1.82) is 0 Å². The van der Waals surface area contributed by atoms with E-state index in [1.165, 1.54) is 19.3 Å². The maximum absolute atomic E-state index is 13.2. The first-order chi connectivity index (χ1) is 13.1. The molecule has 5 fully saturated rings. The molecule has 4 aliphatic carbocycles. The number of amides is 2. The van der Waals surface area contributed by atoms with Crippen molar-refractivity contribution in [3.8, 4) is 0 Å². The largest absolute Gasteiger partial charge is 0.353 e. The van der Waals surface area contributed by atoms with E-state index in [4.69, 9.17) is 0 Å². The summed E-state index contributed by atoms with van der Waals surface area (Å²) in [4.78, 5) is 31.7. The van der Waals surface area contributed by atoms with Crippen LogP contribution in [-0.4, -0.2) is 40.8 Å². The molecule has 0 aromatic carbocycles. The molecule has 5 nitrogen and oxygen atoms in total. The highest BCUT2D eigenvalue weighted by atomic mass is 16.2. The van der Waals surface area contributed by atoms with Crippen LogP contribution in [0.1, 0.15) is 61.7 Å². The summed E-state index contributed by atoms with van der Waals surface area (Å²) in [6.07, 6.45) is 12.4. The number of carbonyl (C=O) groups is 2. The Morgan fingerprint density at radius 3 is 2.22 bits per heavy atom. The Morgan fingerprint density at radius 2 is 1.67 bits per heavy atom.